The van der Waals surface area contributed by atoms with Gasteiger partial charge in [0.15, 0.2) is 21.2 Å². The Bertz CT molecular complexity index is 1780. The number of aromatic nitrogens is 4. The molecule has 0 radical (unpaired) electrons. The molecule has 0 saturated carbocycles. The van der Waals surface area contributed by atoms with Crippen molar-refractivity contribution in [1.82, 2.24) is 24.6 Å². The molecule has 2 aromatic heterocycles. The van der Waals surface area contributed by atoms with E-state index in [2.05, 4.69) is 20.0 Å². The van der Waals surface area contributed by atoms with Gasteiger partial charge in [0.2, 0.25) is 11.8 Å². The second-order valence-electron chi connectivity index (χ2n) is 11.1. The lowest BCUT2D eigenvalue weighted by Gasteiger charge is -2.31. The van der Waals surface area contributed by atoms with Crippen LogP contribution in [-0.2, 0) is 18.6 Å². The summed E-state index contributed by atoms with van der Waals surface area (Å²) in [5.74, 6) is -1.07. The highest BCUT2D eigenvalue weighted by Crippen LogP contribution is 2.50. The molecule has 0 amide bonds. The fourth-order valence-electron chi connectivity index (χ4n) is 5.31. The van der Waals surface area contributed by atoms with Crippen LogP contribution in [0.3, 0.4) is 0 Å². The quantitative estimate of drug-likeness (QED) is 0.0794. The molecule has 2 aromatic carbocycles. The summed E-state index contributed by atoms with van der Waals surface area (Å²) in [4.78, 5) is 25.0. The van der Waals surface area contributed by atoms with E-state index in [9.17, 15) is 24.7 Å². The number of imidazole rings is 1. The fraction of sp³-hybridized carbons (Fsp3) is 0.429. The first-order chi connectivity index (χ1) is 21.2. The van der Waals surface area contributed by atoms with Gasteiger partial charge in [-0.2, -0.15) is 15.1 Å². The number of anilines is 1. The first-order valence-electron chi connectivity index (χ1n) is 14.0. The van der Waals surface area contributed by atoms with Gasteiger partial charge in [-0.05, 0) is 31.7 Å². The highest BCUT2D eigenvalue weighted by Gasteiger charge is 2.55. The average Bonchev–Trinajstić information content (AvgIpc) is 3.42. The third-order valence-electron chi connectivity index (χ3n) is 7.65. The Morgan fingerprint density at radius 1 is 1.24 bits per heavy atom. The van der Waals surface area contributed by atoms with Crippen molar-refractivity contribution >= 4 is 64.2 Å². The molecule has 3 heterocycles. The molecule has 1 unspecified atom stereocenters. The predicted octanol–water partition coefficient (Wildman–Crippen LogP) is 3.62. The van der Waals surface area contributed by atoms with Crippen molar-refractivity contribution in [2.24, 2.45) is 0 Å². The number of hydrogen-bond acceptors (Lipinski definition) is 12. The van der Waals surface area contributed by atoms with Gasteiger partial charge in [0, 0.05) is 28.0 Å². The zero-order valence-electron chi connectivity index (χ0n) is 24.9. The van der Waals surface area contributed by atoms with Gasteiger partial charge in [0.1, 0.15) is 29.1 Å². The lowest BCUT2D eigenvalue weighted by molar-refractivity contribution is -0.143. The molecule has 0 bridgehead atoms. The smallest absolute Gasteiger partial charge is 0.459 e. The van der Waals surface area contributed by atoms with E-state index in [4.69, 9.17) is 24.3 Å². The maximum absolute atomic E-state index is 14.4. The van der Waals surface area contributed by atoms with Crippen molar-refractivity contribution < 1.29 is 43.2 Å². The topological polar surface area (TPSA) is 213 Å². The van der Waals surface area contributed by atoms with Gasteiger partial charge in [-0.1, -0.05) is 49.7 Å². The average molecular weight is 756 g/mol. The van der Waals surface area contributed by atoms with Crippen molar-refractivity contribution in [2.75, 3.05) is 19.5 Å². The number of methoxy groups -OCH3 is 1. The Kier molecular flexibility index (Phi) is 9.30. The lowest BCUT2D eigenvalue weighted by Crippen LogP contribution is -2.49. The van der Waals surface area contributed by atoms with E-state index in [0.717, 1.165) is 5.39 Å². The van der Waals surface area contributed by atoms with E-state index in [1.807, 2.05) is 40.8 Å². The summed E-state index contributed by atoms with van der Waals surface area (Å²) in [6.07, 6.45) is -3.52. The van der Waals surface area contributed by atoms with Crippen molar-refractivity contribution in [3.05, 3.63) is 46.3 Å². The van der Waals surface area contributed by atoms with E-state index in [1.54, 1.807) is 31.2 Å². The number of nitrogen functional groups attached to an aromatic ring is 1. The Morgan fingerprint density at radius 3 is 2.64 bits per heavy atom. The monoisotopic (exact) mass is 756 g/mol. The van der Waals surface area contributed by atoms with E-state index >= 15 is 0 Å². The number of nitrogens with zero attached hydrogens (tertiary/aromatic N) is 4. The minimum atomic E-state index is -4.50. The summed E-state index contributed by atoms with van der Waals surface area (Å²) in [6, 6.07) is 12.4. The maximum atomic E-state index is 14.4. The molecule has 6 atom stereocenters. The summed E-state index contributed by atoms with van der Waals surface area (Å²) in [5.41, 5.74) is 2.69. The van der Waals surface area contributed by atoms with Crippen LogP contribution in [0, 0.1) is 3.83 Å². The second-order valence-corrected chi connectivity index (χ2v) is 13.7. The molecule has 242 valence electrons. The number of carbonyl (C=O) groups is 1. The van der Waals surface area contributed by atoms with E-state index in [0.29, 0.717) is 15.6 Å². The third kappa shape index (κ3) is 6.32. The number of aliphatic hydroxyl groups excluding tert-OH is 1. The number of nitrogens with two attached hydrogens (primary N) is 1. The number of nitrogens with one attached hydrogen (secondary N) is 1. The number of aliphatic hydroxyl groups is 2. The van der Waals surface area contributed by atoms with Gasteiger partial charge in [-0.3, -0.25) is 13.9 Å². The SMILES string of the molecule is CCC[C@](C)(NP(=O)(OC[C@H]1O[C@@H](n2c(I)nc3c(OC)nc(N)nc32)[C@](C)(O)[C@@H]1O)Oc1cccc2ccccc12)C(=O)O. The van der Waals surface area contributed by atoms with Gasteiger partial charge < -0.3 is 35.1 Å². The minimum Gasteiger partial charge on any atom is -0.480 e. The number of ether oxygens (including phenoxy) is 2. The molecule has 45 heavy (non-hydrogen) atoms. The van der Waals surface area contributed by atoms with Crippen LogP contribution in [0.1, 0.15) is 39.8 Å². The molecule has 1 aliphatic rings. The van der Waals surface area contributed by atoms with E-state index in [1.165, 1.54) is 25.5 Å². The molecule has 4 aromatic rings. The first-order valence-corrected chi connectivity index (χ1v) is 16.6. The van der Waals surface area contributed by atoms with Crippen molar-refractivity contribution in [2.45, 2.75) is 63.2 Å². The molecule has 1 aliphatic heterocycles. The van der Waals surface area contributed by atoms with Crippen LogP contribution in [0.2, 0.25) is 0 Å². The third-order valence-corrected chi connectivity index (χ3v) is 10.1. The van der Waals surface area contributed by atoms with Gasteiger partial charge in [-0.25, -0.2) is 9.55 Å². The Labute approximate surface area is 271 Å². The zero-order chi connectivity index (χ0) is 32.7. The first kappa shape index (κ1) is 33.2. The summed E-state index contributed by atoms with van der Waals surface area (Å²) >= 11 is 1.91. The molecule has 6 N–H and O–H groups in total. The Hall–Kier alpha value is -3.12. The van der Waals surface area contributed by atoms with Gasteiger partial charge in [0.05, 0.1) is 13.7 Å². The largest absolute Gasteiger partial charge is 0.480 e. The Morgan fingerprint density at radius 2 is 1.96 bits per heavy atom. The molecule has 0 spiro atoms. The zero-order valence-corrected chi connectivity index (χ0v) is 27.9. The number of rotatable bonds is 12. The van der Waals surface area contributed by atoms with Crippen molar-refractivity contribution in [3.63, 3.8) is 0 Å². The van der Waals surface area contributed by atoms with E-state index < -0.39 is 49.9 Å². The molecule has 17 heteroatoms. The summed E-state index contributed by atoms with van der Waals surface area (Å²) in [7, 11) is -3.10. The van der Waals surface area contributed by atoms with Crippen LogP contribution < -0.4 is 20.1 Å². The van der Waals surface area contributed by atoms with Crippen LogP contribution in [0.25, 0.3) is 21.9 Å². The fourth-order valence-corrected chi connectivity index (χ4v) is 7.77. The van der Waals surface area contributed by atoms with Crippen LogP contribution in [0.4, 0.5) is 5.95 Å². The van der Waals surface area contributed by atoms with Gasteiger partial charge in [0.25, 0.3) is 0 Å². The minimum absolute atomic E-state index is 0.106. The lowest BCUT2D eigenvalue weighted by atomic mass is 9.96. The molecular weight excluding hydrogens is 722 g/mol. The number of hydrogen-bond donors (Lipinski definition) is 5. The molecule has 15 nitrogen and oxygen atoms in total. The number of benzene rings is 2. The predicted molar refractivity (Wildman–Crippen MR) is 172 cm³/mol. The van der Waals surface area contributed by atoms with Crippen LogP contribution in [-0.4, -0.2) is 77.9 Å². The standard InChI is InChI=1S/C28H34IN6O9P/c1-5-13-27(2,24(37)38)34-45(40,44-17-12-8-10-15-9-6-7-11-16(15)17)42-14-18-20(36)28(3,39)23(43-18)35-21-19(31-25(35)29)22(41-4)33-26(30)32-21/h6-12,18,20,23,36,39H,5,13-14H2,1-4H3,(H,34,40)(H,37,38)(H2,30,32,33)/t18-,20-,23-,27+,28-,45?/m1/s1. The number of carboxylic acids is 1. The number of halogens is 1. The summed E-state index contributed by atoms with van der Waals surface area (Å²) in [6.45, 7) is 3.98. The summed E-state index contributed by atoms with van der Waals surface area (Å²) in [5, 5.41) is 36.8. The highest BCUT2D eigenvalue weighted by molar-refractivity contribution is 14.1. The number of aliphatic carboxylic acids is 1. The Balaban J connectivity index is 1.47. The van der Waals surface area contributed by atoms with Crippen molar-refractivity contribution in [3.8, 4) is 11.6 Å². The number of carboxylic acid groups (broad SMARTS) is 1. The number of fused-ring (bicyclic) bond motifs is 2. The molecular formula is C28H34IN6O9P. The maximum Gasteiger partial charge on any atom is 0.459 e. The van der Waals surface area contributed by atoms with Crippen LogP contribution in [0.5, 0.6) is 11.6 Å². The van der Waals surface area contributed by atoms with E-state index in [-0.39, 0.29) is 35.2 Å². The second kappa shape index (κ2) is 12.6. The van der Waals surface area contributed by atoms with Crippen molar-refractivity contribution in [1.29, 1.82) is 0 Å². The normalized spacial score (nSPS) is 24.4. The molecule has 1 fully saturated rings. The van der Waals surface area contributed by atoms with Gasteiger partial charge in [-0.15, -0.1) is 0 Å². The van der Waals surface area contributed by atoms with Gasteiger partial charge >= 0.3 is 13.7 Å². The van der Waals surface area contributed by atoms with Crippen LogP contribution in [0.15, 0.2) is 42.5 Å². The van der Waals surface area contributed by atoms with Crippen LogP contribution >= 0.6 is 30.3 Å². The molecule has 0 aliphatic carbocycles. The summed E-state index contributed by atoms with van der Waals surface area (Å²) < 4.78 is 39.4. The molecule has 1 saturated heterocycles. The molecule has 5 rings (SSSR count). The highest BCUT2D eigenvalue weighted by atomic mass is 127.